The lowest BCUT2D eigenvalue weighted by Crippen LogP contribution is -2.11. The van der Waals surface area contributed by atoms with Gasteiger partial charge in [-0.05, 0) is 95.8 Å². The minimum atomic E-state index is -0.433. The third-order valence-electron chi connectivity index (χ3n) is 9.56. The van der Waals surface area contributed by atoms with Crippen LogP contribution in [0.15, 0.2) is 108 Å². The summed E-state index contributed by atoms with van der Waals surface area (Å²) in [6.07, 6.45) is 1.60. The number of alkyl halides is 1. The summed E-state index contributed by atoms with van der Waals surface area (Å²) >= 11 is 9.38. The average Bonchev–Trinajstić information content (AvgIpc) is 4.10. The zero-order chi connectivity index (χ0) is 43.8. The fraction of sp³-hybridized carbons (Fsp3) is 0.170. The first kappa shape index (κ1) is 45.2. The van der Waals surface area contributed by atoms with Gasteiger partial charge in [-0.25, -0.2) is 0 Å². The first-order valence-corrected chi connectivity index (χ1v) is 23.2. The number of benzene rings is 4. The molecule has 0 aliphatic carbocycles. The highest BCUT2D eigenvalue weighted by Crippen LogP contribution is 2.38. The Hall–Kier alpha value is -5.35. The Bertz CT molecular complexity index is 2930. The van der Waals surface area contributed by atoms with Crippen LogP contribution < -0.4 is 5.73 Å². The number of carbonyl (C=O) groups excluding carboxylic acids is 4. The van der Waals surface area contributed by atoms with E-state index in [9.17, 15) is 19.2 Å². The molecule has 312 valence electrons. The van der Waals surface area contributed by atoms with Gasteiger partial charge < -0.3 is 20.0 Å². The van der Waals surface area contributed by atoms with Crippen LogP contribution in [0.1, 0.15) is 58.2 Å². The highest BCUT2D eigenvalue weighted by molar-refractivity contribution is 9.09. The van der Waals surface area contributed by atoms with Crippen LogP contribution in [-0.2, 0) is 9.53 Å². The van der Waals surface area contributed by atoms with Gasteiger partial charge in [0.15, 0.2) is 18.2 Å². The Morgan fingerprint density at radius 2 is 1.02 bits per heavy atom. The Kier molecular flexibility index (Phi) is 15.2. The van der Waals surface area contributed by atoms with Crippen molar-refractivity contribution in [2.45, 2.75) is 34.6 Å². The van der Waals surface area contributed by atoms with Gasteiger partial charge in [-0.3, -0.25) is 19.2 Å². The van der Waals surface area contributed by atoms with Crippen molar-refractivity contribution < 1.29 is 33.4 Å². The monoisotopic (exact) mass is 952 g/mol. The normalized spacial score (nSPS) is 10.7. The molecule has 0 atom stereocenters. The van der Waals surface area contributed by atoms with E-state index in [1.54, 1.807) is 28.9 Å². The lowest BCUT2D eigenvalue weighted by molar-refractivity contribution is -0.139. The van der Waals surface area contributed by atoms with Crippen LogP contribution in [0.5, 0.6) is 0 Å². The van der Waals surface area contributed by atoms with Crippen molar-refractivity contribution in [1.29, 1.82) is 0 Å². The zero-order valence-electron chi connectivity index (χ0n) is 33.9. The number of nitrogens with two attached hydrogens (primary N) is 1. The minimum Gasteiger partial charge on any atom is -0.457 e. The molecule has 0 spiro atoms. The molecule has 0 radical (unpaired) electrons. The number of Topliss-reactive ketones (excluding diaryl/α,β-unsaturated/α-hetero) is 3. The fourth-order valence-corrected chi connectivity index (χ4v) is 11.5. The third kappa shape index (κ3) is 10.4. The molecule has 5 aromatic heterocycles. The molecule has 0 aliphatic rings. The van der Waals surface area contributed by atoms with Gasteiger partial charge in [-0.15, -0.1) is 45.3 Å². The van der Waals surface area contributed by atoms with Gasteiger partial charge in [-0.1, -0.05) is 88.7 Å². The van der Waals surface area contributed by atoms with Crippen molar-refractivity contribution in [1.82, 2.24) is 4.98 Å². The summed E-state index contributed by atoms with van der Waals surface area (Å²) < 4.78 is 14.4. The molecule has 9 aromatic rings. The molecule has 0 saturated carbocycles. The average molecular weight is 954 g/mol. The number of thiophene rings is 4. The standard InChI is InChI=1S/C13H12O3S.C12H10N2OS.C11H9BrOS.C11H10O2S/c1-8-10-5-3-4-6-12(10)17-13(8)11(15)7-16-9(2)14;1-7-8-4-2-3-5-10(8)16-11(7)9-6-15-12(13)14-9;2*1-7-8-4-2-3-5-10(8)14-11(7)9(13)6-12/h3-6H,7H2,1-2H3;2-6H,1H3,(H2,13,14);2-5H,6H2,1H3;2-5,12H,6H2,1H3. The lowest BCUT2D eigenvalue weighted by Gasteiger charge is -2.00. The van der Waals surface area contributed by atoms with Crippen LogP contribution in [-0.4, -0.2) is 52.0 Å². The SMILES string of the molecule is CC(=O)OCC(=O)c1sc2ccccc2c1C.Cc1c(-c2coc(N)n2)sc2ccccc12.Cc1c(C(=O)CBr)sc2ccccc12.Cc1c(C(=O)CO)sc2ccccc12. The van der Waals surface area contributed by atoms with E-state index in [-0.39, 0.29) is 30.0 Å². The molecular formula is C47H41BrN2O7S4. The molecule has 0 amide bonds. The van der Waals surface area contributed by atoms with Gasteiger partial charge in [0.05, 0.1) is 24.8 Å². The molecule has 0 fully saturated rings. The van der Waals surface area contributed by atoms with Gasteiger partial charge in [0.25, 0.3) is 6.01 Å². The highest BCUT2D eigenvalue weighted by Gasteiger charge is 2.17. The van der Waals surface area contributed by atoms with Crippen molar-refractivity contribution in [3.8, 4) is 10.6 Å². The smallest absolute Gasteiger partial charge is 0.303 e. The van der Waals surface area contributed by atoms with E-state index in [0.29, 0.717) is 15.1 Å². The van der Waals surface area contributed by atoms with E-state index in [1.165, 1.54) is 55.3 Å². The Morgan fingerprint density at radius 3 is 1.38 bits per heavy atom. The molecule has 14 heteroatoms. The number of ketones is 3. The Balaban J connectivity index is 0.000000136. The zero-order valence-corrected chi connectivity index (χ0v) is 38.7. The highest BCUT2D eigenvalue weighted by atomic mass is 79.9. The number of nitrogens with zero attached hydrogens (tertiary/aromatic N) is 1. The maximum absolute atomic E-state index is 11.9. The van der Waals surface area contributed by atoms with Gasteiger partial charge >= 0.3 is 5.97 Å². The summed E-state index contributed by atoms with van der Waals surface area (Å²) in [5.74, 6) is -0.594. The van der Waals surface area contributed by atoms with Crippen LogP contribution in [0.25, 0.3) is 50.9 Å². The first-order chi connectivity index (χ1) is 29.3. The summed E-state index contributed by atoms with van der Waals surface area (Å²) in [4.78, 5) is 53.0. The van der Waals surface area contributed by atoms with Crippen LogP contribution in [0.3, 0.4) is 0 Å². The molecule has 3 N–H and O–H groups in total. The number of aliphatic hydroxyl groups is 1. The maximum Gasteiger partial charge on any atom is 0.303 e. The second kappa shape index (κ2) is 20.5. The number of halogens is 1. The van der Waals surface area contributed by atoms with Gasteiger partial charge in [-0.2, -0.15) is 4.98 Å². The van der Waals surface area contributed by atoms with Crippen LogP contribution in [0, 0.1) is 27.7 Å². The number of aliphatic hydroxyl groups excluding tert-OH is 1. The number of ether oxygens (including phenoxy) is 1. The topological polar surface area (TPSA) is 150 Å². The molecule has 9 rings (SSSR count). The number of hydrogen-bond acceptors (Lipinski definition) is 13. The molecule has 0 bridgehead atoms. The number of aryl methyl sites for hydroxylation is 4. The number of oxazole rings is 1. The molecule has 9 nitrogen and oxygen atoms in total. The molecule has 0 aliphatic heterocycles. The molecular weight excluding hydrogens is 913 g/mol. The van der Waals surface area contributed by atoms with Crippen LogP contribution in [0.2, 0.25) is 0 Å². The summed E-state index contributed by atoms with van der Waals surface area (Å²) in [5.41, 5.74) is 10.6. The van der Waals surface area contributed by atoms with E-state index in [4.69, 9.17) is 20.0 Å². The second-order valence-electron chi connectivity index (χ2n) is 13.6. The number of aromatic nitrogens is 1. The number of anilines is 1. The van der Waals surface area contributed by atoms with Crippen molar-refractivity contribution in [2.75, 3.05) is 24.3 Å². The first-order valence-electron chi connectivity index (χ1n) is 18.9. The third-order valence-corrected chi connectivity index (χ3v) is 15.3. The predicted molar refractivity (Wildman–Crippen MR) is 257 cm³/mol. The number of esters is 1. The number of rotatable bonds is 8. The predicted octanol–water partition coefficient (Wildman–Crippen LogP) is 12.6. The molecule has 61 heavy (non-hydrogen) atoms. The summed E-state index contributed by atoms with van der Waals surface area (Å²) in [6.45, 7) is 8.65. The summed E-state index contributed by atoms with van der Waals surface area (Å²) in [7, 11) is 0. The largest absolute Gasteiger partial charge is 0.457 e. The fourth-order valence-electron chi connectivity index (χ4n) is 6.50. The molecule has 5 heterocycles. The van der Waals surface area contributed by atoms with Crippen molar-refractivity contribution in [2.24, 2.45) is 0 Å². The quantitative estimate of drug-likeness (QED) is 0.0862. The van der Waals surface area contributed by atoms with Gasteiger partial charge in [0, 0.05) is 25.7 Å². The molecule has 4 aromatic carbocycles. The van der Waals surface area contributed by atoms with E-state index < -0.39 is 12.6 Å². The summed E-state index contributed by atoms with van der Waals surface area (Å²) in [6, 6.07) is 32.4. The Morgan fingerprint density at radius 1 is 0.623 bits per heavy atom. The van der Waals surface area contributed by atoms with E-state index >= 15 is 0 Å². The van der Waals surface area contributed by atoms with Crippen LogP contribution in [0.4, 0.5) is 6.01 Å². The number of nitrogen functional groups attached to an aromatic ring is 1. The number of hydrogen-bond donors (Lipinski definition) is 2. The van der Waals surface area contributed by atoms with E-state index in [1.807, 2.05) is 93.6 Å². The van der Waals surface area contributed by atoms with Gasteiger partial charge in [0.2, 0.25) is 5.78 Å². The minimum absolute atomic E-state index is 0.140. The maximum atomic E-state index is 11.9. The lowest BCUT2D eigenvalue weighted by atomic mass is 10.1. The van der Waals surface area contributed by atoms with E-state index in [2.05, 4.69) is 52.1 Å². The number of carbonyl (C=O) groups is 4. The van der Waals surface area contributed by atoms with Crippen LogP contribution >= 0.6 is 61.3 Å². The molecule has 0 unspecified atom stereocenters. The van der Waals surface area contributed by atoms with E-state index in [0.717, 1.165) is 52.3 Å². The number of fused-ring (bicyclic) bond motifs is 4. The van der Waals surface area contributed by atoms with Gasteiger partial charge in [0.1, 0.15) is 18.6 Å². The van der Waals surface area contributed by atoms with Crippen molar-refractivity contribution >= 4 is 131 Å². The second-order valence-corrected chi connectivity index (χ2v) is 18.4. The summed E-state index contributed by atoms with van der Waals surface area (Å²) in [5, 5.41) is 13.9. The Labute approximate surface area is 376 Å². The van der Waals surface area contributed by atoms with Crippen molar-refractivity contribution in [3.05, 3.63) is 140 Å². The van der Waals surface area contributed by atoms with Crippen molar-refractivity contribution in [3.63, 3.8) is 0 Å². The molecule has 0 saturated heterocycles.